The number of hydrogen-bond donors (Lipinski definition) is 0. The Hall–Kier alpha value is -2.69. The molecule has 1 fully saturated rings. The van der Waals surface area contributed by atoms with E-state index in [9.17, 15) is 9.59 Å². The van der Waals surface area contributed by atoms with Gasteiger partial charge in [0.1, 0.15) is 5.69 Å². The second kappa shape index (κ2) is 8.13. The summed E-state index contributed by atoms with van der Waals surface area (Å²) in [7, 11) is 1.94. The molecule has 1 aliphatic heterocycles. The van der Waals surface area contributed by atoms with Crippen molar-refractivity contribution in [3.8, 4) is 0 Å². The van der Waals surface area contributed by atoms with Crippen molar-refractivity contribution >= 4 is 11.8 Å². The Morgan fingerprint density at radius 1 is 1.04 bits per heavy atom. The molecular formula is C23H27N3O2. The first-order valence-electron chi connectivity index (χ1n) is 10.2. The molecule has 2 aliphatic rings. The average Bonchev–Trinajstić information content (AvgIpc) is 2.78. The van der Waals surface area contributed by atoms with Gasteiger partial charge in [0.15, 0.2) is 0 Å². The summed E-state index contributed by atoms with van der Waals surface area (Å²) in [5.74, 6) is 0.166. The van der Waals surface area contributed by atoms with Gasteiger partial charge in [-0.25, -0.2) is 0 Å². The average molecular weight is 377 g/mol. The van der Waals surface area contributed by atoms with Crippen LogP contribution in [0.15, 0.2) is 48.7 Å². The maximum Gasteiger partial charge on any atom is 0.272 e. The fraction of sp³-hybridized carbons (Fsp3) is 0.435. The second-order valence-corrected chi connectivity index (χ2v) is 7.84. The van der Waals surface area contributed by atoms with E-state index >= 15 is 0 Å². The largest absolute Gasteiger partial charge is 0.338 e. The Balaban J connectivity index is 1.39. The lowest BCUT2D eigenvalue weighted by atomic mass is 9.86. The number of carbonyl (C=O) groups excluding carboxylic acids is 2. The van der Waals surface area contributed by atoms with Crippen LogP contribution in [0.5, 0.6) is 0 Å². The summed E-state index contributed by atoms with van der Waals surface area (Å²) in [6, 6.07) is 14.0. The van der Waals surface area contributed by atoms with Gasteiger partial charge in [0.25, 0.3) is 5.91 Å². The molecular weight excluding hydrogens is 350 g/mol. The summed E-state index contributed by atoms with van der Waals surface area (Å²) >= 11 is 0. The van der Waals surface area contributed by atoms with Gasteiger partial charge < -0.3 is 9.80 Å². The first-order chi connectivity index (χ1) is 13.6. The van der Waals surface area contributed by atoms with Crippen molar-refractivity contribution in [3.63, 3.8) is 0 Å². The number of aryl methyl sites for hydroxylation is 1. The topological polar surface area (TPSA) is 53.5 Å². The molecule has 1 saturated heterocycles. The molecule has 0 bridgehead atoms. The third-order valence-corrected chi connectivity index (χ3v) is 6.17. The molecule has 4 rings (SSSR count). The Morgan fingerprint density at radius 3 is 2.54 bits per heavy atom. The molecule has 0 radical (unpaired) electrons. The fourth-order valence-corrected chi connectivity index (χ4v) is 4.55. The number of carbonyl (C=O) groups is 2. The minimum absolute atomic E-state index is 0.00753. The van der Waals surface area contributed by atoms with Crippen molar-refractivity contribution in [2.45, 2.75) is 38.1 Å². The zero-order chi connectivity index (χ0) is 19.5. The molecule has 2 heterocycles. The molecule has 0 saturated carbocycles. The summed E-state index contributed by atoms with van der Waals surface area (Å²) in [5, 5.41) is 0. The highest BCUT2D eigenvalue weighted by Crippen LogP contribution is 2.35. The van der Waals surface area contributed by atoms with Gasteiger partial charge in [0.2, 0.25) is 5.91 Å². The smallest absolute Gasteiger partial charge is 0.272 e. The van der Waals surface area contributed by atoms with Crippen LogP contribution in [0, 0.1) is 5.92 Å². The Morgan fingerprint density at radius 2 is 1.79 bits per heavy atom. The van der Waals surface area contributed by atoms with E-state index in [0.29, 0.717) is 18.8 Å². The molecule has 1 aliphatic carbocycles. The van der Waals surface area contributed by atoms with Crippen LogP contribution in [0.4, 0.5) is 0 Å². The second-order valence-electron chi connectivity index (χ2n) is 7.84. The van der Waals surface area contributed by atoms with Crippen molar-refractivity contribution < 1.29 is 9.59 Å². The first kappa shape index (κ1) is 18.7. The van der Waals surface area contributed by atoms with Gasteiger partial charge in [-0.15, -0.1) is 0 Å². The molecule has 1 aromatic heterocycles. The van der Waals surface area contributed by atoms with Crippen molar-refractivity contribution in [2.75, 3.05) is 20.1 Å². The molecule has 146 valence electrons. The lowest BCUT2D eigenvalue weighted by Gasteiger charge is -2.37. The van der Waals surface area contributed by atoms with Gasteiger partial charge in [-0.05, 0) is 55.4 Å². The molecule has 2 amide bonds. The van der Waals surface area contributed by atoms with Gasteiger partial charge in [-0.3, -0.25) is 14.6 Å². The van der Waals surface area contributed by atoms with E-state index in [-0.39, 0.29) is 23.8 Å². The van der Waals surface area contributed by atoms with Crippen LogP contribution >= 0.6 is 0 Å². The van der Waals surface area contributed by atoms with Crippen LogP contribution in [0.3, 0.4) is 0 Å². The van der Waals surface area contributed by atoms with Crippen molar-refractivity contribution in [1.82, 2.24) is 14.8 Å². The van der Waals surface area contributed by atoms with E-state index in [4.69, 9.17) is 0 Å². The third-order valence-electron chi connectivity index (χ3n) is 6.17. The van der Waals surface area contributed by atoms with Gasteiger partial charge in [-0.2, -0.15) is 0 Å². The highest BCUT2D eigenvalue weighted by atomic mass is 16.2. The third kappa shape index (κ3) is 3.66. The molecule has 1 atom stereocenters. The first-order valence-corrected chi connectivity index (χ1v) is 10.2. The van der Waals surface area contributed by atoms with Gasteiger partial charge >= 0.3 is 0 Å². The summed E-state index contributed by atoms with van der Waals surface area (Å²) in [4.78, 5) is 33.7. The minimum atomic E-state index is -0.0407. The lowest BCUT2D eigenvalue weighted by molar-refractivity contribution is -0.138. The number of likely N-dealkylation sites (tertiary alicyclic amines) is 1. The maximum atomic E-state index is 13.2. The molecule has 1 aromatic carbocycles. The molecule has 1 unspecified atom stereocenters. The predicted octanol–water partition coefficient (Wildman–Crippen LogP) is 3.47. The Kier molecular flexibility index (Phi) is 5.42. The highest BCUT2D eigenvalue weighted by molar-refractivity contribution is 5.92. The zero-order valence-corrected chi connectivity index (χ0v) is 16.4. The monoisotopic (exact) mass is 377 g/mol. The number of fused-ring (bicyclic) bond motifs is 1. The van der Waals surface area contributed by atoms with Crippen LogP contribution in [0.2, 0.25) is 0 Å². The van der Waals surface area contributed by atoms with Gasteiger partial charge in [0, 0.05) is 32.3 Å². The fourth-order valence-electron chi connectivity index (χ4n) is 4.55. The van der Waals surface area contributed by atoms with Crippen LogP contribution in [-0.2, 0) is 11.2 Å². The van der Waals surface area contributed by atoms with Crippen molar-refractivity contribution in [1.29, 1.82) is 0 Å². The number of benzene rings is 1. The molecule has 28 heavy (non-hydrogen) atoms. The Bertz CT molecular complexity index is 844. The molecule has 5 heteroatoms. The van der Waals surface area contributed by atoms with Crippen LogP contribution in [0.25, 0.3) is 0 Å². The van der Waals surface area contributed by atoms with E-state index in [1.54, 1.807) is 18.3 Å². The summed E-state index contributed by atoms with van der Waals surface area (Å²) in [6.07, 6.45) is 6.32. The van der Waals surface area contributed by atoms with Gasteiger partial charge in [-0.1, -0.05) is 30.3 Å². The lowest BCUT2D eigenvalue weighted by Crippen LogP contribution is -2.44. The molecule has 2 aromatic rings. The summed E-state index contributed by atoms with van der Waals surface area (Å²) in [6.45, 7) is 1.22. The number of hydrogen-bond acceptors (Lipinski definition) is 3. The van der Waals surface area contributed by atoms with Crippen LogP contribution < -0.4 is 0 Å². The predicted molar refractivity (Wildman–Crippen MR) is 108 cm³/mol. The molecule has 0 spiro atoms. The standard InChI is InChI=1S/C23H27N3O2/c1-25(21-11-6-8-17-7-2-3-9-19(17)21)22(27)18-12-15-26(16-13-18)23(28)20-10-4-5-14-24-20/h2-5,7,9-10,14,18,21H,6,8,11-13,15-16H2,1H3. The maximum absolute atomic E-state index is 13.2. The normalized spacial score (nSPS) is 19.8. The molecule has 0 N–H and O–H groups in total. The number of nitrogens with zero attached hydrogens (tertiary/aromatic N) is 3. The number of piperidine rings is 1. The van der Waals surface area contributed by atoms with Crippen molar-refractivity contribution in [3.05, 3.63) is 65.5 Å². The number of amides is 2. The summed E-state index contributed by atoms with van der Waals surface area (Å²) < 4.78 is 0. The number of pyridine rings is 1. The van der Waals surface area contributed by atoms with E-state index in [2.05, 4.69) is 29.2 Å². The van der Waals surface area contributed by atoms with Gasteiger partial charge in [0.05, 0.1) is 6.04 Å². The SMILES string of the molecule is CN(C(=O)C1CCN(C(=O)c2ccccn2)CC1)C1CCCc2ccccc21. The zero-order valence-electron chi connectivity index (χ0n) is 16.4. The number of aromatic nitrogens is 1. The highest BCUT2D eigenvalue weighted by Gasteiger charge is 2.33. The quantitative estimate of drug-likeness (QED) is 0.823. The van der Waals surface area contributed by atoms with E-state index in [1.165, 1.54) is 11.1 Å². The molecule has 5 nitrogen and oxygen atoms in total. The van der Waals surface area contributed by atoms with E-state index in [1.807, 2.05) is 22.9 Å². The minimum Gasteiger partial charge on any atom is -0.338 e. The van der Waals surface area contributed by atoms with Crippen molar-refractivity contribution in [2.24, 2.45) is 5.92 Å². The van der Waals surface area contributed by atoms with Crippen LogP contribution in [0.1, 0.15) is 53.3 Å². The number of rotatable bonds is 3. The van der Waals surface area contributed by atoms with E-state index < -0.39 is 0 Å². The van der Waals surface area contributed by atoms with E-state index in [0.717, 1.165) is 32.1 Å². The van der Waals surface area contributed by atoms with Crippen LogP contribution in [-0.4, -0.2) is 46.7 Å². The Labute approximate surface area is 166 Å². The summed E-state index contributed by atoms with van der Waals surface area (Å²) in [5.41, 5.74) is 3.14.